The first-order valence-electron chi connectivity index (χ1n) is 9.16. The van der Waals surface area contributed by atoms with Crippen LogP contribution in [0.25, 0.3) is 6.08 Å². The van der Waals surface area contributed by atoms with Crippen molar-refractivity contribution in [3.63, 3.8) is 0 Å². The molecule has 0 saturated heterocycles. The van der Waals surface area contributed by atoms with Crippen molar-refractivity contribution < 1.29 is 22.3 Å². The van der Waals surface area contributed by atoms with Crippen molar-refractivity contribution >= 4 is 56.1 Å². The lowest BCUT2D eigenvalue weighted by Crippen LogP contribution is -2.13. The van der Waals surface area contributed by atoms with Gasteiger partial charge in [-0.1, -0.05) is 18.2 Å². The molecule has 1 amide bonds. The molecule has 11 heteroatoms. The number of nitrogens with zero attached hydrogens (tertiary/aromatic N) is 2. The molecule has 0 fully saturated rings. The third-order valence-electron chi connectivity index (χ3n) is 4.18. The van der Waals surface area contributed by atoms with E-state index in [0.717, 1.165) is 9.64 Å². The highest BCUT2D eigenvalue weighted by molar-refractivity contribution is 14.1. The predicted octanol–water partition coefficient (Wildman–Crippen LogP) is 4.51. The second kappa shape index (κ2) is 10.2. The average Bonchev–Trinajstić information content (AvgIpc) is 2.80. The van der Waals surface area contributed by atoms with Gasteiger partial charge in [0.1, 0.15) is 22.3 Å². The van der Waals surface area contributed by atoms with Crippen molar-refractivity contribution in [1.29, 1.82) is 5.26 Å². The normalized spacial score (nSPS) is 11.3. The lowest BCUT2D eigenvalue weighted by Gasteiger charge is -2.07. The number of rotatable bonds is 7. The molecule has 166 valence electrons. The number of nitrogens with one attached hydrogen (secondary N) is 1. The molecular formula is C22H14IN3O6S. The van der Waals surface area contributed by atoms with Crippen molar-refractivity contribution in [2.24, 2.45) is 0 Å². The van der Waals surface area contributed by atoms with Gasteiger partial charge in [-0.25, -0.2) is 0 Å². The Morgan fingerprint density at radius 3 is 2.36 bits per heavy atom. The van der Waals surface area contributed by atoms with Crippen LogP contribution in [0.5, 0.6) is 5.75 Å². The fraction of sp³-hybridized carbons (Fsp3) is 0. The molecule has 0 aliphatic heterocycles. The first-order chi connectivity index (χ1) is 15.7. The first kappa shape index (κ1) is 23.9. The minimum atomic E-state index is -4.30. The molecule has 0 bridgehead atoms. The molecule has 0 radical (unpaired) electrons. The van der Waals surface area contributed by atoms with Crippen LogP contribution in [-0.2, 0) is 14.9 Å². The fourth-order valence-electron chi connectivity index (χ4n) is 2.59. The summed E-state index contributed by atoms with van der Waals surface area (Å²) in [5.74, 6) is -0.632. The first-order valence-corrected chi connectivity index (χ1v) is 11.6. The van der Waals surface area contributed by atoms with Gasteiger partial charge in [0, 0.05) is 21.4 Å². The molecule has 1 N–H and O–H groups in total. The van der Waals surface area contributed by atoms with Gasteiger partial charge in [0.2, 0.25) is 0 Å². The van der Waals surface area contributed by atoms with Crippen LogP contribution in [0.3, 0.4) is 0 Å². The summed E-state index contributed by atoms with van der Waals surface area (Å²) in [7, 11) is -4.30. The fourth-order valence-corrected chi connectivity index (χ4v) is 3.92. The minimum Gasteiger partial charge on any atom is -0.379 e. The van der Waals surface area contributed by atoms with Crippen LogP contribution >= 0.6 is 22.6 Å². The zero-order valence-corrected chi connectivity index (χ0v) is 19.6. The number of amides is 1. The van der Waals surface area contributed by atoms with E-state index < -0.39 is 20.9 Å². The molecule has 0 unspecified atom stereocenters. The summed E-state index contributed by atoms with van der Waals surface area (Å²) in [6.45, 7) is 0. The molecule has 0 spiro atoms. The van der Waals surface area contributed by atoms with E-state index in [1.807, 2.05) is 18.2 Å². The SMILES string of the molecule is N#C/C(=C/c1ccc(OS(=O)(=O)c2cccc([N+](=O)[O-])c2)cc1)C(=O)Nc1ccc(I)cc1. The summed E-state index contributed by atoms with van der Waals surface area (Å²) in [6.07, 6.45) is 1.35. The van der Waals surface area contributed by atoms with E-state index >= 15 is 0 Å². The minimum absolute atomic E-state index is 0.0412. The van der Waals surface area contributed by atoms with Crippen LogP contribution in [0, 0.1) is 25.0 Å². The van der Waals surface area contributed by atoms with Crippen molar-refractivity contribution in [2.75, 3.05) is 5.32 Å². The van der Waals surface area contributed by atoms with Gasteiger partial charge < -0.3 is 9.50 Å². The number of nitro benzene ring substituents is 1. The van der Waals surface area contributed by atoms with Crippen molar-refractivity contribution in [1.82, 2.24) is 0 Å². The van der Waals surface area contributed by atoms with E-state index in [1.54, 1.807) is 12.1 Å². The van der Waals surface area contributed by atoms with Crippen LogP contribution in [0.1, 0.15) is 5.56 Å². The molecule has 3 rings (SSSR count). The van der Waals surface area contributed by atoms with E-state index in [4.69, 9.17) is 4.18 Å². The highest BCUT2D eigenvalue weighted by Crippen LogP contribution is 2.23. The van der Waals surface area contributed by atoms with Gasteiger partial charge in [0.05, 0.1) is 4.92 Å². The van der Waals surface area contributed by atoms with Gasteiger partial charge in [0.25, 0.3) is 11.6 Å². The van der Waals surface area contributed by atoms with Crippen molar-refractivity contribution in [2.45, 2.75) is 4.90 Å². The second-order valence-corrected chi connectivity index (χ2v) is 9.28. The standard InChI is InChI=1S/C22H14IN3O6S/c23-17-6-8-18(9-7-17)25-22(27)16(14-24)12-15-4-10-20(11-5-15)32-33(30,31)21-3-1-2-19(13-21)26(28)29/h1-13H,(H,25,27)/b16-12-. The molecule has 0 heterocycles. The molecule has 0 atom stereocenters. The highest BCUT2D eigenvalue weighted by Gasteiger charge is 2.20. The number of halogens is 1. The number of non-ortho nitro benzene ring substituents is 1. The average molecular weight is 575 g/mol. The number of benzene rings is 3. The van der Waals surface area contributed by atoms with E-state index in [0.29, 0.717) is 11.3 Å². The van der Waals surface area contributed by atoms with Gasteiger partial charge >= 0.3 is 10.1 Å². The molecule has 0 aromatic heterocycles. The number of hydrogen-bond donors (Lipinski definition) is 1. The maximum absolute atomic E-state index is 12.4. The molecule has 0 saturated carbocycles. The van der Waals surface area contributed by atoms with Gasteiger partial charge in [0.15, 0.2) is 0 Å². The number of carbonyl (C=O) groups is 1. The van der Waals surface area contributed by atoms with Crippen LogP contribution in [0.2, 0.25) is 0 Å². The Bertz CT molecular complexity index is 1380. The van der Waals surface area contributed by atoms with Gasteiger partial charge in [-0.05, 0) is 76.7 Å². The van der Waals surface area contributed by atoms with Crippen molar-refractivity contribution in [3.8, 4) is 11.8 Å². The predicted molar refractivity (Wildman–Crippen MR) is 129 cm³/mol. The Balaban J connectivity index is 1.74. The number of anilines is 1. The summed E-state index contributed by atoms with van der Waals surface area (Å²) < 4.78 is 30.9. The van der Waals surface area contributed by atoms with Crippen molar-refractivity contribution in [3.05, 3.63) is 97.6 Å². The third kappa shape index (κ3) is 6.37. The molecule has 3 aromatic rings. The molecule has 3 aromatic carbocycles. The Labute approximate surface area is 202 Å². The number of carbonyl (C=O) groups excluding carboxylic acids is 1. The van der Waals surface area contributed by atoms with Crippen LogP contribution in [0.4, 0.5) is 11.4 Å². The Kier molecular flexibility index (Phi) is 7.41. The third-order valence-corrected chi connectivity index (χ3v) is 6.14. The van der Waals surface area contributed by atoms with Gasteiger partial charge in [-0.3, -0.25) is 14.9 Å². The van der Waals surface area contributed by atoms with E-state index in [2.05, 4.69) is 27.9 Å². The lowest BCUT2D eigenvalue weighted by atomic mass is 10.1. The number of nitriles is 1. The second-order valence-electron chi connectivity index (χ2n) is 6.49. The summed E-state index contributed by atoms with van der Waals surface area (Å²) in [6, 6.07) is 19.0. The summed E-state index contributed by atoms with van der Waals surface area (Å²) >= 11 is 2.13. The molecule has 33 heavy (non-hydrogen) atoms. The Hall–Kier alpha value is -3.76. The smallest absolute Gasteiger partial charge is 0.339 e. The monoisotopic (exact) mass is 575 g/mol. The molecular weight excluding hydrogens is 561 g/mol. The summed E-state index contributed by atoms with van der Waals surface area (Å²) in [5, 5.41) is 22.8. The topological polar surface area (TPSA) is 139 Å². The Morgan fingerprint density at radius 1 is 1.09 bits per heavy atom. The quantitative estimate of drug-likeness (QED) is 0.109. The lowest BCUT2D eigenvalue weighted by molar-refractivity contribution is -0.385. The molecule has 0 aliphatic carbocycles. The zero-order valence-electron chi connectivity index (χ0n) is 16.6. The van der Waals surface area contributed by atoms with E-state index in [-0.39, 0.29) is 21.9 Å². The highest BCUT2D eigenvalue weighted by atomic mass is 127. The van der Waals surface area contributed by atoms with E-state index in [9.17, 15) is 28.6 Å². The van der Waals surface area contributed by atoms with Gasteiger partial charge in [-0.2, -0.15) is 13.7 Å². The number of nitro groups is 1. The summed E-state index contributed by atoms with van der Waals surface area (Å²) in [5.41, 5.74) is 0.472. The van der Waals surface area contributed by atoms with Gasteiger partial charge in [-0.15, -0.1) is 0 Å². The maximum atomic E-state index is 12.4. The van der Waals surface area contributed by atoms with Crippen LogP contribution < -0.4 is 9.50 Å². The zero-order chi connectivity index (χ0) is 24.0. The molecule has 0 aliphatic rings. The number of hydrogen-bond acceptors (Lipinski definition) is 7. The maximum Gasteiger partial charge on any atom is 0.339 e. The van der Waals surface area contributed by atoms with E-state index in [1.165, 1.54) is 48.5 Å². The van der Waals surface area contributed by atoms with Crippen LogP contribution in [0.15, 0.2) is 83.3 Å². The largest absolute Gasteiger partial charge is 0.379 e. The Morgan fingerprint density at radius 2 is 1.76 bits per heavy atom. The summed E-state index contributed by atoms with van der Waals surface area (Å²) in [4.78, 5) is 22.2. The van der Waals surface area contributed by atoms with Crippen LogP contribution in [-0.4, -0.2) is 19.2 Å². The molecule has 9 nitrogen and oxygen atoms in total.